The Balaban J connectivity index is 0.000000378. The van der Waals surface area contributed by atoms with Gasteiger partial charge in [0.1, 0.15) is 0 Å². The van der Waals surface area contributed by atoms with Gasteiger partial charge in [-0.3, -0.25) is 9.78 Å². The molecule has 0 saturated heterocycles. The number of imidazole rings is 1. The second kappa shape index (κ2) is 18.6. The van der Waals surface area contributed by atoms with E-state index in [2.05, 4.69) is 98.0 Å². The zero-order valence-electron chi connectivity index (χ0n) is 28.3. The van der Waals surface area contributed by atoms with Gasteiger partial charge in [0.05, 0.1) is 11.6 Å². The topological polar surface area (TPSA) is 55.1 Å². The van der Waals surface area contributed by atoms with Gasteiger partial charge in [-0.15, -0.1) is 35.9 Å². The largest absolute Gasteiger partial charge is 0.512 e. The molecular weight excluding hydrogens is 733 g/mol. The molecule has 4 nitrogen and oxygen atoms in total. The van der Waals surface area contributed by atoms with Crippen LogP contribution in [0.2, 0.25) is 0 Å². The number of aliphatic hydroxyl groups is 1. The number of aromatic nitrogens is 2. The van der Waals surface area contributed by atoms with Crippen molar-refractivity contribution < 1.29 is 30.0 Å². The molecule has 0 fully saturated rings. The van der Waals surface area contributed by atoms with Crippen LogP contribution in [0, 0.1) is 17.9 Å². The zero-order valence-corrected chi connectivity index (χ0v) is 30.7. The van der Waals surface area contributed by atoms with E-state index in [-0.39, 0.29) is 43.5 Å². The summed E-state index contributed by atoms with van der Waals surface area (Å²) in [4.78, 5) is 16.4. The van der Waals surface area contributed by atoms with Crippen molar-refractivity contribution >= 4 is 5.78 Å². The first-order valence-corrected chi connectivity index (χ1v) is 16.3. The quantitative estimate of drug-likeness (QED) is 0.0884. The van der Waals surface area contributed by atoms with Crippen LogP contribution in [-0.4, -0.2) is 20.4 Å². The summed E-state index contributed by atoms with van der Waals surface area (Å²) in [6.45, 7) is 17.1. The molecular formula is C40H51IrN2O2-. The number of allylic oxidation sites excluding steroid dienone is 2. The minimum Gasteiger partial charge on any atom is -0.512 e. The Morgan fingerprint density at radius 1 is 0.822 bits per heavy atom. The van der Waals surface area contributed by atoms with Crippen LogP contribution in [-0.2, 0) is 24.9 Å². The van der Waals surface area contributed by atoms with E-state index in [9.17, 15) is 9.90 Å². The molecule has 4 rings (SSSR count). The second-order valence-electron chi connectivity index (χ2n) is 12.1. The van der Waals surface area contributed by atoms with Gasteiger partial charge in [-0.25, -0.2) is 0 Å². The fourth-order valence-electron chi connectivity index (χ4n) is 5.63. The van der Waals surface area contributed by atoms with Gasteiger partial charge in [-0.05, 0) is 71.9 Å². The van der Waals surface area contributed by atoms with Crippen LogP contribution < -0.4 is 0 Å². The Morgan fingerprint density at radius 3 is 1.87 bits per heavy atom. The standard InChI is InChI=1S/C27H27N2.C13H24O2.Ir/c1-19(2)24-17-23(21-11-7-5-8-12-21)18-25(20(3)4)26(24)29-16-15-28-27(29)22-13-9-6-10-14-22;1-5-10(6-2)12(14)9-13(15)11(7-3)8-4;/h5-13,15-20H,1-4H3;9-11,14H,5-8H2,1-4H3;/q-1;;. The van der Waals surface area contributed by atoms with E-state index < -0.39 is 0 Å². The maximum atomic E-state index is 11.7. The minimum absolute atomic E-state index is 0. The zero-order chi connectivity index (χ0) is 32.2. The number of benzene rings is 3. The third-order valence-corrected chi connectivity index (χ3v) is 8.43. The van der Waals surface area contributed by atoms with Crippen LogP contribution in [0.15, 0.2) is 91.0 Å². The van der Waals surface area contributed by atoms with E-state index in [1.165, 1.54) is 34.0 Å². The van der Waals surface area contributed by atoms with Crippen LogP contribution in [0.4, 0.5) is 0 Å². The predicted octanol–water partition coefficient (Wildman–Crippen LogP) is 11.1. The third kappa shape index (κ3) is 9.86. The summed E-state index contributed by atoms with van der Waals surface area (Å²) in [6, 6.07) is 26.7. The molecule has 45 heavy (non-hydrogen) atoms. The predicted molar refractivity (Wildman–Crippen MR) is 185 cm³/mol. The first kappa shape index (κ1) is 37.9. The number of carbonyl (C=O) groups is 1. The van der Waals surface area contributed by atoms with Crippen molar-refractivity contribution in [2.75, 3.05) is 0 Å². The number of nitrogens with zero attached hydrogens (tertiary/aromatic N) is 2. The summed E-state index contributed by atoms with van der Waals surface area (Å²) in [5.41, 5.74) is 7.46. The molecule has 0 unspecified atom stereocenters. The van der Waals surface area contributed by atoms with E-state index in [1.807, 2.05) is 52.1 Å². The number of rotatable bonds is 12. The summed E-state index contributed by atoms with van der Waals surface area (Å²) in [7, 11) is 0. The number of hydrogen-bond donors (Lipinski definition) is 1. The van der Waals surface area contributed by atoms with Gasteiger partial charge in [0.2, 0.25) is 0 Å². The average Bonchev–Trinajstić information content (AvgIpc) is 3.52. The fourth-order valence-corrected chi connectivity index (χ4v) is 5.63. The number of carbonyl (C=O) groups excluding carboxylic acids is 1. The Bertz CT molecular complexity index is 1450. The molecule has 1 radical (unpaired) electrons. The molecule has 0 atom stereocenters. The molecule has 1 aromatic heterocycles. The molecule has 0 aliphatic carbocycles. The van der Waals surface area contributed by atoms with Crippen molar-refractivity contribution in [3.8, 4) is 28.2 Å². The maximum Gasteiger partial charge on any atom is 0.162 e. The van der Waals surface area contributed by atoms with E-state index >= 15 is 0 Å². The summed E-state index contributed by atoms with van der Waals surface area (Å²) in [5, 5.41) is 9.76. The molecule has 3 aromatic carbocycles. The van der Waals surface area contributed by atoms with Crippen molar-refractivity contribution in [1.29, 1.82) is 0 Å². The molecule has 5 heteroatoms. The van der Waals surface area contributed by atoms with Gasteiger partial charge in [0, 0.05) is 56.1 Å². The Kier molecular flexibility index (Phi) is 15.7. The van der Waals surface area contributed by atoms with Crippen LogP contribution in [0.25, 0.3) is 28.2 Å². The maximum absolute atomic E-state index is 11.7. The van der Waals surface area contributed by atoms with Crippen LogP contribution in [0.5, 0.6) is 0 Å². The van der Waals surface area contributed by atoms with Crippen molar-refractivity contribution in [3.05, 3.63) is 108 Å². The molecule has 4 aromatic rings. The summed E-state index contributed by atoms with van der Waals surface area (Å²) >= 11 is 0. The Labute approximate surface area is 285 Å². The van der Waals surface area contributed by atoms with Crippen molar-refractivity contribution in [2.45, 2.75) is 92.9 Å². The molecule has 0 amide bonds. The van der Waals surface area contributed by atoms with Gasteiger partial charge in [0.25, 0.3) is 0 Å². The van der Waals surface area contributed by atoms with E-state index in [0.717, 1.165) is 37.1 Å². The van der Waals surface area contributed by atoms with Crippen LogP contribution in [0.3, 0.4) is 0 Å². The molecule has 243 valence electrons. The SMILES string of the molecule is CC(C)c1cc(-c2ccccc2)cc(C(C)C)c1-n1ccnc1-c1[c-]cccc1.CCC(CC)C(=O)C=C(O)C(CC)CC.[Ir]. The number of hydrogen-bond acceptors (Lipinski definition) is 3. The van der Waals surface area contributed by atoms with E-state index in [1.54, 1.807) is 0 Å². The van der Waals surface area contributed by atoms with Gasteiger partial charge in [-0.2, -0.15) is 0 Å². The first-order chi connectivity index (χ1) is 21.2. The third-order valence-electron chi connectivity index (χ3n) is 8.43. The minimum atomic E-state index is 0. The van der Waals surface area contributed by atoms with Crippen LogP contribution >= 0.6 is 0 Å². The molecule has 1 heterocycles. The Morgan fingerprint density at radius 2 is 1.38 bits per heavy atom. The smallest absolute Gasteiger partial charge is 0.162 e. The van der Waals surface area contributed by atoms with E-state index in [0.29, 0.717) is 11.8 Å². The monoisotopic (exact) mass is 784 g/mol. The average molecular weight is 784 g/mol. The summed E-state index contributed by atoms with van der Waals surface area (Å²) in [6.07, 6.45) is 8.87. The number of aliphatic hydroxyl groups excluding tert-OH is 1. The molecule has 0 saturated carbocycles. The van der Waals surface area contributed by atoms with Gasteiger partial charge in [-0.1, -0.05) is 85.7 Å². The Hall–Kier alpha value is -3.27. The molecule has 0 aliphatic rings. The first-order valence-electron chi connectivity index (χ1n) is 16.3. The fraction of sp³-hybridized carbons (Fsp3) is 0.400. The summed E-state index contributed by atoms with van der Waals surface area (Å²) < 4.78 is 2.24. The number of ketones is 1. The molecule has 1 N–H and O–H groups in total. The second-order valence-corrected chi connectivity index (χ2v) is 12.1. The van der Waals surface area contributed by atoms with Gasteiger partial charge < -0.3 is 9.67 Å². The molecule has 0 spiro atoms. The van der Waals surface area contributed by atoms with Gasteiger partial charge >= 0.3 is 0 Å². The van der Waals surface area contributed by atoms with Crippen LogP contribution in [0.1, 0.15) is 104 Å². The normalized spacial score (nSPS) is 11.5. The molecule has 0 bridgehead atoms. The molecule has 0 aliphatic heterocycles. The van der Waals surface area contributed by atoms with Crippen molar-refractivity contribution in [1.82, 2.24) is 9.55 Å². The van der Waals surface area contributed by atoms with Crippen molar-refractivity contribution in [2.24, 2.45) is 11.8 Å². The van der Waals surface area contributed by atoms with E-state index in [4.69, 9.17) is 0 Å². The summed E-state index contributed by atoms with van der Waals surface area (Å²) in [5.74, 6) is 2.26. The van der Waals surface area contributed by atoms with Gasteiger partial charge in [0.15, 0.2) is 5.78 Å². The van der Waals surface area contributed by atoms with Crippen molar-refractivity contribution in [3.63, 3.8) is 0 Å².